The molecule has 0 aliphatic heterocycles. The Hall–Kier alpha value is -3.35. The van der Waals surface area contributed by atoms with Crippen LogP contribution in [-0.2, 0) is 16.0 Å². The van der Waals surface area contributed by atoms with E-state index < -0.39 is 5.91 Å². The number of aryl methyl sites for hydroxylation is 1. The predicted molar refractivity (Wildman–Crippen MR) is 92.8 cm³/mol. The lowest BCUT2D eigenvalue weighted by molar-refractivity contribution is -0.129. The topological polar surface area (TPSA) is 96.1 Å². The summed E-state index contributed by atoms with van der Waals surface area (Å²) >= 11 is 0. The summed E-state index contributed by atoms with van der Waals surface area (Å²) < 4.78 is 5.36. The Kier molecular flexibility index (Phi) is 4.94. The summed E-state index contributed by atoms with van der Waals surface area (Å²) in [6.07, 6.45) is 0.0354. The molecule has 0 saturated heterocycles. The summed E-state index contributed by atoms with van der Waals surface area (Å²) in [5.41, 5.74) is 7.35. The van der Waals surface area contributed by atoms with Gasteiger partial charge in [0.25, 0.3) is 5.91 Å². The van der Waals surface area contributed by atoms with Crippen LogP contribution in [0.4, 0.5) is 0 Å². The molecule has 0 saturated carbocycles. The number of amides is 2. The van der Waals surface area contributed by atoms with E-state index in [1.807, 2.05) is 49.4 Å². The maximum Gasteiger partial charge on any atom is 0.276 e. The molecule has 1 aromatic heterocycles. The minimum absolute atomic E-state index is 0.0354. The summed E-state index contributed by atoms with van der Waals surface area (Å²) in [4.78, 5) is 31.0. The van der Waals surface area contributed by atoms with Crippen molar-refractivity contribution in [1.29, 1.82) is 0 Å². The van der Waals surface area contributed by atoms with Crippen molar-refractivity contribution in [2.45, 2.75) is 13.3 Å². The Morgan fingerprint density at radius 3 is 2.68 bits per heavy atom. The first-order valence-corrected chi connectivity index (χ1v) is 7.81. The van der Waals surface area contributed by atoms with Crippen LogP contribution in [0.5, 0.6) is 5.75 Å². The number of ether oxygens (including phenoxy) is 1. The number of hydrogen-bond donors (Lipinski definition) is 3. The van der Waals surface area contributed by atoms with E-state index in [4.69, 9.17) is 4.74 Å². The van der Waals surface area contributed by atoms with Crippen LogP contribution in [0.2, 0.25) is 0 Å². The van der Waals surface area contributed by atoms with Crippen LogP contribution in [0, 0.1) is 6.92 Å². The minimum atomic E-state index is -0.445. The van der Waals surface area contributed by atoms with Crippen molar-refractivity contribution in [2.75, 3.05) is 6.61 Å². The molecule has 0 bridgehead atoms. The Bertz CT molecular complexity index is 871. The molecule has 0 spiro atoms. The second kappa shape index (κ2) is 7.48. The zero-order valence-corrected chi connectivity index (χ0v) is 13.7. The number of nitrogens with one attached hydrogen (secondary N) is 3. The second-order valence-corrected chi connectivity index (χ2v) is 5.58. The molecule has 0 aliphatic carbocycles. The molecule has 7 nitrogen and oxygen atoms in total. The molecular formula is C18H18N4O3. The highest BCUT2D eigenvalue weighted by molar-refractivity contribution is 5.84. The molecule has 0 unspecified atom stereocenters. The van der Waals surface area contributed by atoms with Crippen LogP contribution < -0.4 is 15.6 Å². The summed E-state index contributed by atoms with van der Waals surface area (Å²) in [6.45, 7) is 1.75. The van der Waals surface area contributed by atoms with Gasteiger partial charge in [-0.1, -0.05) is 24.3 Å². The number of benzene rings is 2. The zero-order valence-electron chi connectivity index (χ0n) is 13.7. The van der Waals surface area contributed by atoms with Crippen LogP contribution in [0.3, 0.4) is 0 Å². The Morgan fingerprint density at radius 1 is 1.08 bits per heavy atom. The van der Waals surface area contributed by atoms with E-state index in [1.165, 1.54) is 0 Å². The number of para-hydroxylation sites is 2. The fourth-order valence-electron chi connectivity index (χ4n) is 2.32. The van der Waals surface area contributed by atoms with E-state index >= 15 is 0 Å². The monoisotopic (exact) mass is 338 g/mol. The molecule has 0 atom stereocenters. The van der Waals surface area contributed by atoms with Crippen molar-refractivity contribution < 1.29 is 14.3 Å². The fourth-order valence-corrected chi connectivity index (χ4v) is 2.32. The van der Waals surface area contributed by atoms with Gasteiger partial charge in [-0.15, -0.1) is 0 Å². The van der Waals surface area contributed by atoms with Crippen LogP contribution in [0.25, 0.3) is 11.0 Å². The normalized spacial score (nSPS) is 10.4. The molecule has 2 aromatic carbocycles. The van der Waals surface area contributed by atoms with Crippen LogP contribution in [-0.4, -0.2) is 28.4 Å². The lowest BCUT2D eigenvalue weighted by Gasteiger charge is -2.08. The van der Waals surface area contributed by atoms with Gasteiger partial charge in [0.05, 0.1) is 17.5 Å². The zero-order chi connectivity index (χ0) is 17.6. The molecular weight excluding hydrogens is 320 g/mol. The minimum Gasteiger partial charge on any atom is -0.484 e. The maximum absolute atomic E-state index is 11.9. The van der Waals surface area contributed by atoms with E-state index in [0.29, 0.717) is 11.6 Å². The van der Waals surface area contributed by atoms with Crippen LogP contribution in [0.15, 0.2) is 48.5 Å². The number of imidazole rings is 1. The number of hydrogen-bond acceptors (Lipinski definition) is 4. The summed E-state index contributed by atoms with van der Waals surface area (Å²) in [7, 11) is 0. The summed E-state index contributed by atoms with van der Waals surface area (Å²) in [5, 5.41) is 0. The number of nitrogens with zero attached hydrogens (tertiary/aromatic N) is 1. The quantitative estimate of drug-likeness (QED) is 0.616. The number of fused-ring (bicyclic) bond motifs is 1. The standard InChI is InChI=1S/C18H18N4O3/c1-12-5-4-6-13(9-12)25-11-18(24)22-21-17(23)10-16-19-14-7-2-3-8-15(14)20-16/h2-9H,10-11H2,1H3,(H,19,20)(H,21,23)(H,22,24). The molecule has 0 fully saturated rings. The maximum atomic E-state index is 11.9. The number of hydrazine groups is 1. The van der Waals surface area contributed by atoms with Crippen molar-refractivity contribution in [2.24, 2.45) is 0 Å². The lowest BCUT2D eigenvalue weighted by atomic mass is 10.2. The van der Waals surface area contributed by atoms with Gasteiger partial charge in [0.1, 0.15) is 11.6 Å². The molecule has 3 aromatic rings. The number of H-pyrrole nitrogens is 1. The summed E-state index contributed by atoms with van der Waals surface area (Å²) in [6, 6.07) is 14.9. The average molecular weight is 338 g/mol. The second-order valence-electron chi connectivity index (χ2n) is 5.58. The van der Waals surface area contributed by atoms with Gasteiger partial charge in [0.15, 0.2) is 6.61 Å². The third-order valence-corrected chi connectivity index (χ3v) is 3.47. The van der Waals surface area contributed by atoms with Crippen molar-refractivity contribution in [3.63, 3.8) is 0 Å². The first-order valence-electron chi connectivity index (χ1n) is 7.81. The van der Waals surface area contributed by atoms with Gasteiger partial charge in [-0.05, 0) is 36.8 Å². The summed E-state index contributed by atoms with van der Waals surface area (Å²) in [5.74, 6) is 0.315. The smallest absolute Gasteiger partial charge is 0.276 e. The lowest BCUT2D eigenvalue weighted by Crippen LogP contribution is -2.44. The van der Waals surface area contributed by atoms with E-state index in [9.17, 15) is 9.59 Å². The Morgan fingerprint density at radius 2 is 1.88 bits per heavy atom. The number of aromatic amines is 1. The third kappa shape index (κ3) is 4.57. The van der Waals surface area contributed by atoms with E-state index in [1.54, 1.807) is 6.07 Å². The molecule has 25 heavy (non-hydrogen) atoms. The highest BCUT2D eigenvalue weighted by atomic mass is 16.5. The fraction of sp³-hybridized carbons (Fsp3) is 0.167. The Labute approximate surface area is 144 Å². The first-order chi connectivity index (χ1) is 12.1. The number of aromatic nitrogens is 2. The molecule has 3 N–H and O–H groups in total. The predicted octanol–water partition coefficient (Wildman–Crippen LogP) is 1.64. The SMILES string of the molecule is Cc1cccc(OCC(=O)NNC(=O)Cc2nc3ccccc3[nH]2)c1. The number of carbonyl (C=O) groups is 2. The molecule has 0 aliphatic rings. The largest absolute Gasteiger partial charge is 0.484 e. The molecule has 3 rings (SSSR count). The molecule has 1 heterocycles. The van der Waals surface area contributed by atoms with Gasteiger partial charge in [-0.25, -0.2) is 4.98 Å². The van der Waals surface area contributed by atoms with Crippen molar-refractivity contribution in [1.82, 2.24) is 20.8 Å². The molecule has 7 heteroatoms. The van der Waals surface area contributed by atoms with Gasteiger partial charge in [0, 0.05) is 0 Å². The van der Waals surface area contributed by atoms with E-state index in [2.05, 4.69) is 20.8 Å². The van der Waals surface area contributed by atoms with Crippen LogP contribution >= 0.6 is 0 Å². The van der Waals surface area contributed by atoms with Gasteiger partial charge in [-0.3, -0.25) is 20.4 Å². The molecule has 0 radical (unpaired) electrons. The Balaban J connectivity index is 1.44. The van der Waals surface area contributed by atoms with Gasteiger partial charge in [-0.2, -0.15) is 0 Å². The van der Waals surface area contributed by atoms with Gasteiger partial charge < -0.3 is 9.72 Å². The highest BCUT2D eigenvalue weighted by Crippen LogP contribution is 2.12. The van der Waals surface area contributed by atoms with E-state index in [0.717, 1.165) is 16.6 Å². The van der Waals surface area contributed by atoms with Crippen LogP contribution in [0.1, 0.15) is 11.4 Å². The van der Waals surface area contributed by atoms with Crippen molar-refractivity contribution in [3.05, 3.63) is 59.9 Å². The van der Waals surface area contributed by atoms with Crippen molar-refractivity contribution in [3.8, 4) is 5.75 Å². The molecule has 2 amide bonds. The number of rotatable bonds is 5. The van der Waals surface area contributed by atoms with Crippen molar-refractivity contribution >= 4 is 22.8 Å². The van der Waals surface area contributed by atoms with Gasteiger partial charge in [0.2, 0.25) is 5.91 Å². The number of carbonyl (C=O) groups excluding carboxylic acids is 2. The van der Waals surface area contributed by atoms with E-state index in [-0.39, 0.29) is 18.9 Å². The molecule has 128 valence electrons. The third-order valence-electron chi connectivity index (χ3n) is 3.47. The highest BCUT2D eigenvalue weighted by Gasteiger charge is 2.09. The first kappa shape index (κ1) is 16.5. The average Bonchev–Trinajstić information content (AvgIpc) is 3.00. The van der Waals surface area contributed by atoms with Gasteiger partial charge >= 0.3 is 0 Å².